The smallest absolute Gasteiger partial charge is 0.347 e. The molecule has 1 aromatic carbocycles. The van der Waals surface area contributed by atoms with Gasteiger partial charge in [0.2, 0.25) is 6.10 Å². The zero-order chi connectivity index (χ0) is 14.4. The number of nitrogens with zero attached hydrogens (tertiary/aromatic N) is 1. The lowest BCUT2D eigenvalue weighted by molar-refractivity contribution is -0.384. The predicted molar refractivity (Wildman–Crippen MR) is 66.1 cm³/mol. The molecule has 0 spiro atoms. The Kier molecular flexibility index (Phi) is 5.25. The number of aliphatic hydroxyl groups excluding tert-OH is 1. The number of carbonyl (C=O) groups is 1. The van der Waals surface area contributed by atoms with E-state index in [4.69, 9.17) is 9.84 Å². The third kappa shape index (κ3) is 4.22. The van der Waals surface area contributed by atoms with Gasteiger partial charge in [-0.2, -0.15) is 0 Å². The van der Waals surface area contributed by atoms with Gasteiger partial charge in [-0.25, -0.2) is 4.79 Å². The number of non-ortho nitro benzene ring substituents is 1. The first-order valence-electron chi connectivity index (χ1n) is 5.77. The van der Waals surface area contributed by atoms with E-state index < -0.39 is 23.1 Å². The van der Waals surface area contributed by atoms with Crippen LogP contribution in [-0.4, -0.2) is 33.3 Å². The highest BCUT2D eigenvalue weighted by Crippen LogP contribution is 2.20. The van der Waals surface area contributed by atoms with Crippen LogP contribution in [0.3, 0.4) is 0 Å². The van der Waals surface area contributed by atoms with Crippen molar-refractivity contribution in [1.29, 1.82) is 0 Å². The molecular formula is C12H15NO6. The summed E-state index contributed by atoms with van der Waals surface area (Å²) in [5, 5.41) is 29.1. The molecule has 7 nitrogen and oxygen atoms in total. The van der Waals surface area contributed by atoms with E-state index in [2.05, 4.69) is 0 Å². The molecule has 0 aliphatic rings. The van der Waals surface area contributed by atoms with Gasteiger partial charge in [0.1, 0.15) is 11.9 Å². The summed E-state index contributed by atoms with van der Waals surface area (Å²) < 4.78 is 5.15. The lowest BCUT2D eigenvalue weighted by Crippen LogP contribution is -2.39. The number of ether oxygens (including phenoxy) is 1. The van der Waals surface area contributed by atoms with Gasteiger partial charge in [-0.05, 0) is 18.6 Å². The Morgan fingerprint density at radius 1 is 1.42 bits per heavy atom. The minimum absolute atomic E-state index is 0.117. The Morgan fingerprint density at radius 3 is 2.42 bits per heavy atom. The van der Waals surface area contributed by atoms with Gasteiger partial charge in [0.05, 0.1) is 4.92 Å². The molecule has 1 aromatic rings. The Balaban J connectivity index is 2.79. The van der Waals surface area contributed by atoms with E-state index in [1.807, 2.05) is 6.92 Å². The average molecular weight is 269 g/mol. The highest BCUT2D eigenvalue weighted by atomic mass is 16.6. The molecule has 0 radical (unpaired) electrons. The molecule has 104 valence electrons. The Hall–Kier alpha value is -2.15. The lowest BCUT2D eigenvalue weighted by Gasteiger charge is -2.20. The molecule has 0 saturated carbocycles. The molecular weight excluding hydrogens is 254 g/mol. The Morgan fingerprint density at radius 2 is 2.00 bits per heavy atom. The van der Waals surface area contributed by atoms with E-state index >= 15 is 0 Å². The number of hydrogen-bond acceptors (Lipinski definition) is 5. The average Bonchev–Trinajstić information content (AvgIpc) is 2.36. The molecule has 2 atom stereocenters. The molecule has 0 aliphatic heterocycles. The van der Waals surface area contributed by atoms with E-state index in [9.17, 15) is 20.0 Å². The van der Waals surface area contributed by atoms with E-state index in [-0.39, 0.29) is 11.4 Å². The molecule has 7 heteroatoms. The maximum atomic E-state index is 11.0. The predicted octanol–water partition coefficient (Wildman–Crippen LogP) is 1.59. The van der Waals surface area contributed by atoms with Crippen LogP contribution in [0.2, 0.25) is 0 Å². The van der Waals surface area contributed by atoms with Crippen LogP contribution in [0, 0.1) is 10.1 Å². The summed E-state index contributed by atoms with van der Waals surface area (Å²) in [7, 11) is 0. The SMILES string of the molecule is CCCC(O)C(Oc1ccc([N+](=O)[O-])cc1)C(=O)O. The third-order valence-electron chi connectivity index (χ3n) is 2.49. The second kappa shape index (κ2) is 6.69. The molecule has 0 heterocycles. The number of rotatable bonds is 7. The molecule has 1 rings (SSSR count). The minimum atomic E-state index is -1.39. The van der Waals surface area contributed by atoms with Gasteiger partial charge in [0, 0.05) is 12.1 Å². The van der Waals surface area contributed by atoms with Crippen molar-refractivity contribution >= 4 is 11.7 Å². The Bertz CT molecular complexity index is 444. The van der Waals surface area contributed by atoms with Gasteiger partial charge in [0.15, 0.2) is 0 Å². The molecule has 0 bridgehead atoms. The van der Waals surface area contributed by atoms with Crippen molar-refractivity contribution in [3.8, 4) is 5.75 Å². The first-order chi connectivity index (χ1) is 8.95. The first-order valence-corrected chi connectivity index (χ1v) is 5.77. The summed E-state index contributed by atoms with van der Waals surface area (Å²) >= 11 is 0. The number of aliphatic carboxylic acids is 1. The number of carboxylic acid groups (broad SMARTS) is 1. The van der Waals surface area contributed by atoms with Crippen molar-refractivity contribution in [2.24, 2.45) is 0 Å². The quantitative estimate of drug-likeness (QED) is 0.574. The highest BCUT2D eigenvalue weighted by molar-refractivity contribution is 5.73. The zero-order valence-corrected chi connectivity index (χ0v) is 10.4. The monoisotopic (exact) mass is 269 g/mol. The van der Waals surface area contributed by atoms with Gasteiger partial charge in [-0.1, -0.05) is 13.3 Å². The first kappa shape index (κ1) is 14.9. The fourth-order valence-corrected chi connectivity index (χ4v) is 1.53. The zero-order valence-electron chi connectivity index (χ0n) is 10.4. The fourth-order valence-electron chi connectivity index (χ4n) is 1.53. The van der Waals surface area contributed by atoms with Crippen LogP contribution in [0.5, 0.6) is 5.75 Å². The summed E-state index contributed by atoms with van der Waals surface area (Å²) in [6, 6.07) is 5.01. The second-order valence-electron chi connectivity index (χ2n) is 3.98. The second-order valence-corrected chi connectivity index (χ2v) is 3.98. The van der Waals surface area contributed by atoms with Crippen LogP contribution in [0.25, 0.3) is 0 Å². The number of nitro benzene ring substituents is 1. The summed E-state index contributed by atoms with van der Waals surface area (Å²) in [5.74, 6) is -1.12. The van der Waals surface area contributed by atoms with Crippen molar-refractivity contribution in [2.75, 3.05) is 0 Å². The number of hydrogen-bond donors (Lipinski definition) is 2. The minimum Gasteiger partial charge on any atom is -0.478 e. The molecule has 0 fully saturated rings. The van der Waals surface area contributed by atoms with Crippen molar-refractivity contribution in [2.45, 2.75) is 32.0 Å². The summed E-state index contributed by atoms with van der Waals surface area (Å²) in [6.45, 7) is 1.81. The molecule has 0 aromatic heterocycles. The van der Waals surface area contributed by atoms with E-state index in [1.54, 1.807) is 0 Å². The topological polar surface area (TPSA) is 110 Å². The van der Waals surface area contributed by atoms with Gasteiger partial charge in [-0.3, -0.25) is 10.1 Å². The summed E-state index contributed by atoms with van der Waals surface area (Å²) in [6.07, 6.45) is -1.60. The van der Waals surface area contributed by atoms with Crippen LogP contribution >= 0.6 is 0 Å². The van der Waals surface area contributed by atoms with Gasteiger partial charge < -0.3 is 14.9 Å². The molecule has 19 heavy (non-hydrogen) atoms. The number of nitro groups is 1. The van der Waals surface area contributed by atoms with Crippen molar-refractivity contribution in [3.05, 3.63) is 34.4 Å². The van der Waals surface area contributed by atoms with Crippen LogP contribution in [-0.2, 0) is 4.79 Å². The molecule has 0 amide bonds. The lowest BCUT2D eigenvalue weighted by atomic mass is 10.1. The molecule has 2 unspecified atom stereocenters. The number of benzene rings is 1. The van der Waals surface area contributed by atoms with Crippen LogP contribution < -0.4 is 4.74 Å². The highest BCUT2D eigenvalue weighted by Gasteiger charge is 2.28. The normalized spacial score (nSPS) is 13.6. The summed E-state index contributed by atoms with van der Waals surface area (Å²) in [5.41, 5.74) is -0.117. The Labute approximate surface area is 109 Å². The van der Waals surface area contributed by atoms with Crippen LogP contribution in [0.15, 0.2) is 24.3 Å². The van der Waals surface area contributed by atoms with Crippen LogP contribution in [0.1, 0.15) is 19.8 Å². The maximum Gasteiger partial charge on any atom is 0.347 e. The van der Waals surface area contributed by atoms with Crippen molar-refractivity contribution in [3.63, 3.8) is 0 Å². The molecule has 2 N–H and O–H groups in total. The third-order valence-corrected chi connectivity index (χ3v) is 2.49. The maximum absolute atomic E-state index is 11.0. The largest absolute Gasteiger partial charge is 0.478 e. The van der Waals surface area contributed by atoms with E-state index in [0.29, 0.717) is 12.8 Å². The van der Waals surface area contributed by atoms with Crippen LogP contribution in [0.4, 0.5) is 5.69 Å². The van der Waals surface area contributed by atoms with E-state index in [1.165, 1.54) is 24.3 Å². The fraction of sp³-hybridized carbons (Fsp3) is 0.417. The van der Waals surface area contributed by atoms with Crippen molar-refractivity contribution < 1.29 is 24.7 Å². The van der Waals surface area contributed by atoms with Crippen molar-refractivity contribution in [1.82, 2.24) is 0 Å². The number of aliphatic hydroxyl groups is 1. The van der Waals surface area contributed by atoms with E-state index in [0.717, 1.165) is 0 Å². The number of carboxylic acids is 1. The standard InChI is InChI=1S/C12H15NO6/c1-2-3-10(14)11(12(15)16)19-9-6-4-8(5-7-9)13(17)18/h4-7,10-11,14H,2-3H2,1H3,(H,15,16). The molecule has 0 aliphatic carbocycles. The van der Waals surface area contributed by atoms with Gasteiger partial charge in [0.25, 0.3) is 5.69 Å². The molecule has 0 saturated heterocycles. The summed E-state index contributed by atoms with van der Waals surface area (Å²) in [4.78, 5) is 20.9. The van der Waals surface area contributed by atoms with Gasteiger partial charge in [-0.15, -0.1) is 0 Å². The van der Waals surface area contributed by atoms with Gasteiger partial charge >= 0.3 is 5.97 Å².